The fourth-order valence-electron chi connectivity index (χ4n) is 2.14. The standard InChI is InChI=1S/C15H15N5OS/c1-10-5-3-6-11(2)13(10)17-12(21)9-22-15-19-18-14-16-7-4-8-20(14)15/h3-8H,9H2,1-2H3,(H,17,21). The van der Waals surface area contributed by atoms with Crippen LogP contribution in [0.5, 0.6) is 0 Å². The van der Waals surface area contributed by atoms with Crippen LogP contribution in [0.2, 0.25) is 0 Å². The Morgan fingerprint density at radius 3 is 2.77 bits per heavy atom. The summed E-state index contributed by atoms with van der Waals surface area (Å²) in [5.74, 6) is 0.729. The summed E-state index contributed by atoms with van der Waals surface area (Å²) in [7, 11) is 0. The number of aromatic nitrogens is 4. The van der Waals surface area contributed by atoms with Gasteiger partial charge in [0.25, 0.3) is 5.78 Å². The largest absolute Gasteiger partial charge is 0.325 e. The van der Waals surface area contributed by atoms with Gasteiger partial charge in [0.1, 0.15) is 0 Å². The highest BCUT2D eigenvalue weighted by Crippen LogP contribution is 2.21. The van der Waals surface area contributed by atoms with Crippen molar-refractivity contribution in [3.63, 3.8) is 0 Å². The van der Waals surface area contributed by atoms with Crippen LogP contribution in [-0.4, -0.2) is 31.2 Å². The average Bonchev–Trinajstić information content (AvgIpc) is 2.92. The Labute approximate surface area is 132 Å². The molecule has 0 aliphatic carbocycles. The van der Waals surface area contributed by atoms with E-state index in [-0.39, 0.29) is 11.7 Å². The Morgan fingerprint density at radius 2 is 2.00 bits per heavy atom. The number of nitrogens with one attached hydrogen (secondary N) is 1. The molecule has 0 spiro atoms. The molecular formula is C15H15N5OS. The summed E-state index contributed by atoms with van der Waals surface area (Å²) in [6.45, 7) is 3.96. The van der Waals surface area contributed by atoms with E-state index in [1.165, 1.54) is 11.8 Å². The number of para-hydroxylation sites is 1. The average molecular weight is 313 g/mol. The highest BCUT2D eigenvalue weighted by Gasteiger charge is 2.11. The van der Waals surface area contributed by atoms with Crippen molar-refractivity contribution in [3.05, 3.63) is 47.8 Å². The van der Waals surface area contributed by atoms with Crippen LogP contribution in [0.1, 0.15) is 11.1 Å². The molecule has 3 rings (SSSR count). The normalized spacial score (nSPS) is 10.8. The van der Waals surface area contributed by atoms with Crippen molar-refractivity contribution in [2.45, 2.75) is 19.0 Å². The monoisotopic (exact) mass is 313 g/mol. The second kappa shape index (κ2) is 6.15. The van der Waals surface area contributed by atoms with Gasteiger partial charge in [0.2, 0.25) is 5.91 Å². The van der Waals surface area contributed by atoms with E-state index in [0.29, 0.717) is 10.9 Å². The van der Waals surface area contributed by atoms with Gasteiger partial charge in [-0.15, -0.1) is 10.2 Å². The first-order chi connectivity index (χ1) is 10.6. The van der Waals surface area contributed by atoms with Crippen molar-refractivity contribution < 1.29 is 4.79 Å². The van der Waals surface area contributed by atoms with Crippen molar-refractivity contribution >= 4 is 29.1 Å². The van der Waals surface area contributed by atoms with Crippen molar-refractivity contribution in [2.24, 2.45) is 0 Å². The van der Waals surface area contributed by atoms with E-state index in [0.717, 1.165) is 16.8 Å². The second-order valence-corrected chi connectivity index (χ2v) is 5.82. The van der Waals surface area contributed by atoms with Crippen LogP contribution in [-0.2, 0) is 4.79 Å². The first kappa shape index (κ1) is 14.5. The maximum atomic E-state index is 12.1. The highest BCUT2D eigenvalue weighted by atomic mass is 32.2. The van der Waals surface area contributed by atoms with Gasteiger partial charge in [0.15, 0.2) is 5.16 Å². The molecule has 0 saturated heterocycles. The third kappa shape index (κ3) is 2.94. The molecule has 2 heterocycles. The molecule has 7 heteroatoms. The molecule has 0 unspecified atom stereocenters. The predicted molar refractivity (Wildman–Crippen MR) is 86.1 cm³/mol. The second-order valence-electron chi connectivity index (χ2n) is 4.88. The zero-order valence-electron chi connectivity index (χ0n) is 12.3. The molecule has 112 valence electrons. The van der Waals surface area contributed by atoms with Gasteiger partial charge in [-0.05, 0) is 31.0 Å². The molecule has 0 aliphatic rings. The number of nitrogens with zero attached hydrogens (tertiary/aromatic N) is 4. The predicted octanol–water partition coefficient (Wildman–Crippen LogP) is 2.47. The summed E-state index contributed by atoms with van der Waals surface area (Å²) >= 11 is 1.33. The van der Waals surface area contributed by atoms with Gasteiger partial charge in [-0.25, -0.2) is 4.98 Å². The van der Waals surface area contributed by atoms with Crippen LogP contribution < -0.4 is 5.32 Å². The molecule has 2 aromatic heterocycles. The smallest absolute Gasteiger partial charge is 0.255 e. The van der Waals surface area contributed by atoms with Crippen LogP contribution in [0.15, 0.2) is 41.8 Å². The highest BCUT2D eigenvalue weighted by molar-refractivity contribution is 7.99. The summed E-state index contributed by atoms with van der Waals surface area (Å²) < 4.78 is 1.76. The van der Waals surface area contributed by atoms with Crippen molar-refractivity contribution in [2.75, 3.05) is 11.1 Å². The van der Waals surface area contributed by atoms with Gasteiger partial charge < -0.3 is 5.32 Å². The van der Waals surface area contributed by atoms with Crippen LogP contribution in [0.3, 0.4) is 0 Å². The summed E-state index contributed by atoms with van der Waals surface area (Å²) in [4.78, 5) is 16.2. The first-order valence-electron chi connectivity index (χ1n) is 6.80. The molecule has 0 atom stereocenters. The Morgan fingerprint density at radius 1 is 1.23 bits per heavy atom. The maximum Gasteiger partial charge on any atom is 0.255 e. The number of benzene rings is 1. The Bertz CT molecular complexity index is 809. The third-order valence-electron chi connectivity index (χ3n) is 3.24. The number of anilines is 1. The quantitative estimate of drug-likeness (QED) is 0.749. The molecule has 0 aliphatic heterocycles. The van der Waals surface area contributed by atoms with Gasteiger partial charge in [0, 0.05) is 18.1 Å². The minimum Gasteiger partial charge on any atom is -0.325 e. The molecular weight excluding hydrogens is 298 g/mol. The van der Waals surface area contributed by atoms with E-state index in [9.17, 15) is 4.79 Å². The molecule has 6 nitrogen and oxygen atoms in total. The van der Waals surface area contributed by atoms with Gasteiger partial charge in [0.05, 0.1) is 5.75 Å². The van der Waals surface area contributed by atoms with Crippen LogP contribution in [0.25, 0.3) is 5.78 Å². The molecule has 1 aromatic carbocycles. The molecule has 0 bridgehead atoms. The maximum absolute atomic E-state index is 12.1. The van der Waals surface area contributed by atoms with E-state index < -0.39 is 0 Å². The number of hydrogen-bond donors (Lipinski definition) is 1. The molecule has 0 radical (unpaired) electrons. The number of aryl methyl sites for hydroxylation is 2. The Kier molecular flexibility index (Phi) is 4.06. The lowest BCUT2D eigenvalue weighted by Crippen LogP contribution is -2.16. The van der Waals surface area contributed by atoms with E-state index in [1.807, 2.05) is 38.2 Å². The summed E-state index contributed by atoms with van der Waals surface area (Å²) in [5.41, 5.74) is 2.98. The van der Waals surface area contributed by atoms with Gasteiger partial charge in [-0.1, -0.05) is 30.0 Å². The lowest BCUT2D eigenvalue weighted by molar-refractivity contribution is -0.113. The SMILES string of the molecule is Cc1cccc(C)c1NC(=O)CSc1nnc2ncccn12. The fraction of sp³-hybridized carbons (Fsp3) is 0.200. The number of thioether (sulfide) groups is 1. The van der Waals surface area contributed by atoms with E-state index in [4.69, 9.17) is 0 Å². The number of amides is 1. The summed E-state index contributed by atoms with van der Waals surface area (Å²) in [6, 6.07) is 7.74. The van der Waals surface area contributed by atoms with Crippen LogP contribution in [0, 0.1) is 13.8 Å². The molecule has 1 amide bonds. The topological polar surface area (TPSA) is 72.2 Å². The van der Waals surface area contributed by atoms with E-state index in [1.54, 1.807) is 16.7 Å². The number of hydrogen-bond acceptors (Lipinski definition) is 5. The lowest BCUT2D eigenvalue weighted by Gasteiger charge is -2.10. The summed E-state index contributed by atoms with van der Waals surface area (Å²) in [5, 5.41) is 11.6. The van der Waals surface area contributed by atoms with Crippen LogP contribution in [0.4, 0.5) is 5.69 Å². The number of rotatable bonds is 4. The third-order valence-corrected chi connectivity index (χ3v) is 4.18. The molecule has 0 saturated carbocycles. The molecule has 1 N–H and O–H groups in total. The van der Waals surface area contributed by atoms with E-state index >= 15 is 0 Å². The summed E-state index contributed by atoms with van der Waals surface area (Å²) in [6.07, 6.45) is 3.49. The Hall–Kier alpha value is -2.41. The minimum atomic E-state index is -0.0666. The van der Waals surface area contributed by atoms with Crippen molar-refractivity contribution in [1.29, 1.82) is 0 Å². The molecule has 22 heavy (non-hydrogen) atoms. The van der Waals surface area contributed by atoms with E-state index in [2.05, 4.69) is 20.5 Å². The van der Waals surface area contributed by atoms with Crippen LogP contribution >= 0.6 is 11.8 Å². The van der Waals surface area contributed by atoms with Crippen molar-refractivity contribution in [1.82, 2.24) is 19.6 Å². The number of carbonyl (C=O) groups excluding carboxylic acids is 1. The zero-order chi connectivity index (χ0) is 15.5. The Balaban J connectivity index is 1.68. The van der Waals surface area contributed by atoms with Gasteiger partial charge >= 0.3 is 0 Å². The molecule has 3 aromatic rings. The number of fused-ring (bicyclic) bond motifs is 1. The van der Waals surface area contributed by atoms with Crippen molar-refractivity contribution in [3.8, 4) is 0 Å². The first-order valence-corrected chi connectivity index (χ1v) is 7.78. The molecule has 0 fully saturated rings. The number of carbonyl (C=O) groups is 1. The van der Waals surface area contributed by atoms with Gasteiger partial charge in [-0.2, -0.15) is 0 Å². The van der Waals surface area contributed by atoms with Gasteiger partial charge in [-0.3, -0.25) is 9.20 Å². The lowest BCUT2D eigenvalue weighted by atomic mass is 10.1. The minimum absolute atomic E-state index is 0.0666. The zero-order valence-corrected chi connectivity index (χ0v) is 13.1. The fourth-order valence-corrected chi connectivity index (χ4v) is 2.85.